The summed E-state index contributed by atoms with van der Waals surface area (Å²) >= 11 is 0. The number of rotatable bonds is 6. The Morgan fingerprint density at radius 2 is 1.92 bits per heavy atom. The molecule has 0 bridgehead atoms. The SMILES string of the molecule is CN(C)C(CNS(=O)c1ccc2cc[nH]c2c1)c1c[nH]c2ccccc12. The summed E-state index contributed by atoms with van der Waals surface area (Å²) in [5.41, 5.74) is 3.32. The summed E-state index contributed by atoms with van der Waals surface area (Å²) in [4.78, 5) is 9.41. The predicted octanol–water partition coefficient (Wildman–Crippen LogP) is 3.56. The lowest BCUT2D eigenvalue weighted by atomic mass is 10.1. The molecule has 0 saturated heterocycles. The molecule has 0 aliphatic heterocycles. The summed E-state index contributed by atoms with van der Waals surface area (Å²) in [7, 11) is 2.82. The lowest BCUT2D eigenvalue weighted by Gasteiger charge is -2.24. The second kappa shape index (κ2) is 7.07. The van der Waals surface area contributed by atoms with Gasteiger partial charge in [0.2, 0.25) is 0 Å². The molecule has 2 aromatic heterocycles. The van der Waals surface area contributed by atoms with Crippen LogP contribution in [0.3, 0.4) is 0 Å². The third-order valence-corrected chi connectivity index (χ3v) is 5.86. The zero-order chi connectivity index (χ0) is 18.1. The number of aromatic amines is 2. The van der Waals surface area contributed by atoms with Gasteiger partial charge in [-0.15, -0.1) is 0 Å². The van der Waals surface area contributed by atoms with E-state index in [1.165, 1.54) is 10.9 Å². The Hall–Kier alpha value is -2.41. The van der Waals surface area contributed by atoms with E-state index in [0.29, 0.717) is 6.54 Å². The number of aromatic nitrogens is 2. The van der Waals surface area contributed by atoms with Crippen LogP contribution < -0.4 is 4.72 Å². The molecular formula is C20H22N4OS. The maximum atomic E-state index is 12.7. The van der Waals surface area contributed by atoms with Crippen molar-refractivity contribution >= 4 is 32.8 Å². The number of nitrogens with zero attached hydrogens (tertiary/aromatic N) is 1. The first-order valence-electron chi connectivity index (χ1n) is 8.58. The molecule has 4 aromatic rings. The van der Waals surface area contributed by atoms with Crippen LogP contribution in [0.15, 0.2) is 65.8 Å². The van der Waals surface area contributed by atoms with Crippen molar-refractivity contribution in [2.75, 3.05) is 20.6 Å². The molecule has 0 amide bonds. The fraction of sp³-hybridized carbons (Fsp3) is 0.200. The molecular weight excluding hydrogens is 344 g/mol. The molecule has 3 N–H and O–H groups in total. The number of nitrogens with one attached hydrogen (secondary N) is 3. The van der Waals surface area contributed by atoms with Gasteiger partial charge in [0.15, 0.2) is 0 Å². The van der Waals surface area contributed by atoms with E-state index in [-0.39, 0.29) is 6.04 Å². The summed E-state index contributed by atoms with van der Waals surface area (Å²) in [5, 5.41) is 2.32. The molecule has 0 spiro atoms. The predicted molar refractivity (Wildman–Crippen MR) is 107 cm³/mol. The van der Waals surface area contributed by atoms with Crippen LogP contribution in [0.1, 0.15) is 11.6 Å². The van der Waals surface area contributed by atoms with Crippen LogP contribution in [0.25, 0.3) is 21.8 Å². The van der Waals surface area contributed by atoms with Gasteiger partial charge in [-0.05, 0) is 49.3 Å². The number of para-hydroxylation sites is 1. The Morgan fingerprint density at radius 1 is 1.08 bits per heavy atom. The van der Waals surface area contributed by atoms with Gasteiger partial charge in [0.05, 0.1) is 4.90 Å². The Labute approximate surface area is 155 Å². The van der Waals surface area contributed by atoms with Crippen LogP contribution in [0, 0.1) is 0 Å². The lowest BCUT2D eigenvalue weighted by Crippen LogP contribution is -2.32. The fourth-order valence-electron chi connectivity index (χ4n) is 3.32. The molecule has 0 aliphatic rings. The van der Waals surface area contributed by atoms with Gasteiger partial charge in [-0.3, -0.25) is 0 Å². The maximum Gasteiger partial charge on any atom is 0.125 e. The minimum atomic E-state index is -1.26. The summed E-state index contributed by atoms with van der Waals surface area (Å²) in [5.74, 6) is 0. The number of hydrogen-bond donors (Lipinski definition) is 3. The minimum Gasteiger partial charge on any atom is -0.361 e. The molecule has 0 fully saturated rings. The van der Waals surface area contributed by atoms with E-state index in [1.54, 1.807) is 0 Å². The van der Waals surface area contributed by atoms with Crippen LogP contribution in [0.5, 0.6) is 0 Å². The van der Waals surface area contributed by atoms with Gasteiger partial charge in [0.25, 0.3) is 0 Å². The summed E-state index contributed by atoms with van der Waals surface area (Å²) in [6.45, 7) is 0.588. The summed E-state index contributed by atoms with van der Waals surface area (Å²) in [6.07, 6.45) is 3.94. The van der Waals surface area contributed by atoms with E-state index in [2.05, 4.69) is 31.7 Å². The van der Waals surface area contributed by atoms with Gasteiger partial charge >= 0.3 is 0 Å². The molecule has 2 heterocycles. The van der Waals surface area contributed by atoms with E-state index >= 15 is 0 Å². The van der Waals surface area contributed by atoms with Crippen LogP contribution in [-0.2, 0) is 11.0 Å². The number of likely N-dealkylation sites (N-methyl/N-ethyl adjacent to an activating group) is 1. The Morgan fingerprint density at radius 3 is 2.77 bits per heavy atom. The molecule has 26 heavy (non-hydrogen) atoms. The van der Waals surface area contributed by atoms with Gasteiger partial charge in [0, 0.05) is 41.4 Å². The first-order valence-corrected chi connectivity index (χ1v) is 9.73. The van der Waals surface area contributed by atoms with Crippen LogP contribution >= 0.6 is 0 Å². The van der Waals surface area contributed by atoms with E-state index < -0.39 is 11.0 Å². The molecule has 6 heteroatoms. The standard InChI is InChI=1S/C20H22N4OS/c1-24(2)20(17-12-22-18-6-4-3-5-16(17)18)13-23-26(25)15-8-7-14-9-10-21-19(14)11-15/h3-12,20-23H,13H2,1-2H3. The molecule has 2 aromatic carbocycles. The van der Waals surface area contributed by atoms with Crippen molar-refractivity contribution in [3.05, 3.63) is 66.5 Å². The molecule has 2 unspecified atom stereocenters. The largest absolute Gasteiger partial charge is 0.361 e. The molecule has 2 atom stereocenters. The highest BCUT2D eigenvalue weighted by Gasteiger charge is 2.19. The zero-order valence-electron chi connectivity index (χ0n) is 14.8. The Bertz CT molecular complexity index is 1070. The van der Waals surface area contributed by atoms with Gasteiger partial charge in [-0.1, -0.05) is 24.3 Å². The monoisotopic (exact) mass is 366 g/mol. The van der Waals surface area contributed by atoms with Crippen molar-refractivity contribution < 1.29 is 4.21 Å². The number of H-pyrrole nitrogens is 2. The first kappa shape index (κ1) is 17.0. The van der Waals surface area contributed by atoms with E-state index in [9.17, 15) is 4.21 Å². The van der Waals surface area contributed by atoms with Crippen molar-refractivity contribution in [1.82, 2.24) is 19.6 Å². The van der Waals surface area contributed by atoms with Crippen molar-refractivity contribution in [3.8, 4) is 0 Å². The second-order valence-corrected chi connectivity index (χ2v) is 7.91. The van der Waals surface area contributed by atoms with Crippen LogP contribution in [0.2, 0.25) is 0 Å². The number of fused-ring (bicyclic) bond motifs is 2. The van der Waals surface area contributed by atoms with Crippen LogP contribution in [0.4, 0.5) is 0 Å². The van der Waals surface area contributed by atoms with Crippen molar-refractivity contribution in [1.29, 1.82) is 0 Å². The quantitative estimate of drug-likeness (QED) is 0.488. The smallest absolute Gasteiger partial charge is 0.125 e. The third-order valence-electron chi connectivity index (χ3n) is 4.75. The highest BCUT2D eigenvalue weighted by molar-refractivity contribution is 7.83. The number of hydrogen-bond acceptors (Lipinski definition) is 2. The molecule has 0 radical (unpaired) electrons. The van der Waals surface area contributed by atoms with Gasteiger partial charge < -0.3 is 14.9 Å². The molecule has 4 rings (SSSR count). The average Bonchev–Trinajstić information content (AvgIpc) is 3.28. The molecule has 5 nitrogen and oxygen atoms in total. The van der Waals surface area contributed by atoms with Crippen LogP contribution in [-0.4, -0.2) is 39.7 Å². The van der Waals surface area contributed by atoms with E-state index in [1.807, 2.05) is 62.9 Å². The second-order valence-electron chi connectivity index (χ2n) is 6.61. The van der Waals surface area contributed by atoms with Gasteiger partial charge in [0.1, 0.15) is 11.0 Å². The highest BCUT2D eigenvalue weighted by Crippen LogP contribution is 2.27. The molecule has 134 valence electrons. The summed E-state index contributed by atoms with van der Waals surface area (Å²) < 4.78 is 15.9. The Balaban J connectivity index is 1.54. The van der Waals surface area contributed by atoms with Gasteiger partial charge in [-0.2, -0.15) is 0 Å². The minimum absolute atomic E-state index is 0.115. The van der Waals surface area contributed by atoms with Gasteiger partial charge in [-0.25, -0.2) is 8.93 Å². The number of benzene rings is 2. The normalized spacial score (nSPS) is 14.3. The fourth-order valence-corrected chi connectivity index (χ4v) is 4.21. The average molecular weight is 366 g/mol. The zero-order valence-corrected chi connectivity index (χ0v) is 15.6. The summed E-state index contributed by atoms with van der Waals surface area (Å²) in [6, 6.07) is 16.2. The van der Waals surface area contributed by atoms with E-state index in [0.717, 1.165) is 21.3 Å². The highest BCUT2D eigenvalue weighted by atomic mass is 32.2. The molecule has 0 saturated carbocycles. The van der Waals surface area contributed by atoms with Crippen molar-refractivity contribution in [2.24, 2.45) is 0 Å². The van der Waals surface area contributed by atoms with E-state index in [4.69, 9.17) is 0 Å². The third kappa shape index (κ3) is 3.19. The maximum absolute atomic E-state index is 12.7. The lowest BCUT2D eigenvalue weighted by molar-refractivity contribution is 0.302. The Kier molecular flexibility index (Phi) is 4.63. The first-order chi connectivity index (χ1) is 12.6. The topological polar surface area (TPSA) is 63.9 Å². The molecule has 0 aliphatic carbocycles. The van der Waals surface area contributed by atoms with Crippen molar-refractivity contribution in [2.45, 2.75) is 10.9 Å². The van der Waals surface area contributed by atoms with Crippen molar-refractivity contribution in [3.63, 3.8) is 0 Å².